The number of rotatable bonds is 2. The van der Waals surface area contributed by atoms with Crippen molar-refractivity contribution in [2.75, 3.05) is 19.6 Å². The van der Waals surface area contributed by atoms with Gasteiger partial charge in [-0.15, -0.1) is 0 Å². The Morgan fingerprint density at radius 2 is 1.67 bits per heavy atom. The molecule has 2 heterocycles. The van der Waals surface area contributed by atoms with E-state index in [2.05, 4.69) is 0 Å². The number of hydrogen-bond donors (Lipinski definition) is 1. The summed E-state index contributed by atoms with van der Waals surface area (Å²) in [5.74, 6) is -0.597. The lowest BCUT2D eigenvalue weighted by Gasteiger charge is -2.40. The summed E-state index contributed by atoms with van der Waals surface area (Å²) >= 11 is 0. The van der Waals surface area contributed by atoms with E-state index in [-0.39, 0.29) is 17.2 Å². The molecule has 2 amide bonds. The first-order valence-corrected chi connectivity index (χ1v) is 9.21. The maximum atomic E-state index is 12.7. The zero-order valence-electron chi connectivity index (χ0n) is 14.5. The second-order valence-corrected chi connectivity index (χ2v) is 7.87. The topological polar surface area (TPSA) is 77.9 Å². The van der Waals surface area contributed by atoms with Crippen LogP contribution in [0.15, 0.2) is 0 Å². The Labute approximate surface area is 143 Å². The molecule has 6 heteroatoms. The van der Waals surface area contributed by atoms with Gasteiger partial charge in [-0.05, 0) is 37.5 Å². The average molecular weight is 336 g/mol. The third kappa shape index (κ3) is 3.28. The van der Waals surface area contributed by atoms with E-state index in [1.807, 2.05) is 4.90 Å². The molecule has 1 unspecified atom stereocenters. The van der Waals surface area contributed by atoms with Gasteiger partial charge in [-0.25, -0.2) is 4.79 Å². The molecule has 24 heavy (non-hydrogen) atoms. The number of amides is 2. The van der Waals surface area contributed by atoms with Crippen molar-refractivity contribution in [3.63, 3.8) is 0 Å². The van der Waals surface area contributed by atoms with Gasteiger partial charge < -0.3 is 14.9 Å². The molecule has 0 aromatic heterocycles. The fourth-order valence-corrected chi connectivity index (χ4v) is 4.78. The van der Waals surface area contributed by atoms with E-state index < -0.39 is 12.0 Å². The van der Waals surface area contributed by atoms with Gasteiger partial charge in [0.2, 0.25) is 11.8 Å². The van der Waals surface area contributed by atoms with Crippen molar-refractivity contribution in [2.24, 2.45) is 11.3 Å². The van der Waals surface area contributed by atoms with E-state index in [9.17, 15) is 19.5 Å². The van der Waals surface area contributed by atoms with Gasteiger partial charge in [-0.2, -0.15) is 0 Å². The van der Waals surface area contributed by atoms with Gasteiger partial charge in [0.05, 0.1) is 0 Å². The van der Waals surface area contributed by atoms with Gasteiger partial charge in [-0.3, -0.25) is 9.59 Å². The van der Waals surface area contributed by atoms with Crippen molar-refractivity contribution < 1.29 is 19.5 Å². The lowest BCUT2D eigenvalue weighted by molar-refractivity contribution is -0.147. The molecule has 3 fully saturated rings. The van der Waals surface area contributed by atoms with E-state index in [0.717, 1.165) is 38.5 Å². The molecule has 1 saturated carbocycles. The van der Waals surface area contributed by atoms with Crippen molar-refractivity contribution in [2.45, 2.75) is 64.3 Å². The molecule has 2 saturated heterocycles. The monoisotopic (exact) mass is 336 g/mol. The van der Waals surface area contributed by atoms with Gasteiger partial charge in [-0.1, -0.05) is 19.3 Å². The molecule has 0 radical (unpaired) electrons. The Morgan fingerprint density at radius 1 is 1.04 bits per heavy atom. The highest BCUT2D eigenvalue weighted by Gasteiger charge is 2.49. The van der Waals surface area contributed by atoms with Crippen LogP contribution in [0.3, 0.4) is 0 Å². The van der Waals surface area contributed by atoms with Crippen LogP contribution >= 0.6 is 0 Å². The SMILES string of the molecule is CC(=O)N1CC2(CCN(C(=O)C3CCCCC3)CC2)CC1C(=O)O. The lowest BCUT2D eigenvalue weighted by Crippen LogP contribution is -2.46. The Hall–Kier alpha value is -1.59. The largest absolute Gasteiger partial charge is 0.480 e. The number of carbonyl (C=O) groups is 3. The molecule has 6 nitrogen and oxygen atoms in total. The molecule has 0 aromatic rings. The normalized spacial score (nSPS) is 27.5. The van der Waals surface area contributed by atoms with Crippen LogP contribution < -0.4 is 0 Å². The average Bonchev–Trinajstić information content (AvgIpc) is 2.96. The number of likely N-dealkylation sites (tertiary alicyclic amines) is 2. The molecular weight excluding hydrogens is 308 g/mol. The van der Waals surface area contributed by atoms with Crippen molar-refractivity contribution in [3.8, 4) is 0 Å². The number of carboxylic acids is 1. The molecular formula is C18H28N2O4. The summed E-state index contributed by atoms with van der Waals surface area (Å²) in [6, 6.07) is -0.705. The van der Waals surface area contributed by atoms with Crippen LogP contribution in [-0.2, 0) is 14.4 Å². The van der Waals surface area contributed by atoms with Gasteiger partial charge in [0, 0.05) is 32.5 Å². The van der Waals surface area contributed by atoms with Crippen LogP contribution in [0.4, 0.5) is 0 Å². The standard InChI is InChI=1S/C18H28N2O4/c1-13(21)20-12-18(11-15(20)17(23)24)7-9-19(10-8-18)16(22)14-5-3-2-4-6-14/h14-15H,2-12H2,1H3,(H,23,24). The number of piperidine rings is 1. The Morgan fingerprint density at radius 3 is 2.17 bits per heavy atom. The minimum atomic E-state index is -0.914. The zero-order valence-corrected chi connectivity index (χ0v) is 14.5. The highest BCUT2D eigenvalue weighted by Crippen LogP contribution is 2.44. The third-order valence-corrected chi connectivity index (χ3v) is 6.29. The molecule has 3 rings (SSSR count). The predicted molar refractivity (Wildman–Crippen MR) is 88.2 cm³/mol. The highest BCUT2D eigenvalue weighted by molar-refractivity contribution is 5.83. The zero-order chi connectivity index (χ0) is 17.3. The van der Waals surface area contributed by atoms with Crippen LogP contribution in [0.5, 0.6) is 0 Å². The minimum absolute atomic E-state index is 0.127. The summed E-state index contributed by atoms with van der Waals surface area (Å²) in [5, 5.41) is 9.40. The molecule has 1 aliphatic carbocycles. The summed E-state index contributed by atoms with van der Waals surface area (Å²) in [5.41, 5.74) is -0.127. The van der Waals surface area contributed by atoms with E-state index in [1.54, 1.807) is 0 Å². The van der Waals surface area contributed by atoms with Gasteiger partial charge in [0.25, 0.3) is 0 Å². The van der Waals surface area contributed by atoms with Crippen LogP contribution in [0.2, 0.25) is 0 Å². The molecule has 1 spiro atoms. The number of hydrogen-bond acceptors (Lipinski definition) is 3. The Kier molecular flexibility index (Phi) is 4.83. The van der Waals surface area contributed by atoms with Gasteiger partial charge in [0.15, 0.2) is 0 Å². The van der Waals surface area contributed by atoms with E-state index in [1.165, 1.54) is 18.2 Å². The summed E-state index contributed by atoms with van der Waals surface area (Å²) in [6.07, 6.45) is 7.71. The second kappa shape index (κ2) is 6.73. The summed E-state index contributed by atoms with van der Waals surface area (Å²) < 4.78 is 0. The van der Waals surface area contributed by atoms with Crippen molar-refractivity contribution in [1.29, 1.82) is 0 Å². The van der Waals surface area contributed by atoms with Crippen LogP contribution in [0.1, 0.15) is 58.3 Å². The summed E-state index contributed by atoms with van der Waals surface area (Å²) in [4.78, 5) is 39.4. The second-order valence-electron chi connectivity index (χ2n) is 7.87. The number of carboxylic acid groups (broad SMARTS) is 1. The first kappa shape index (κ1) is 17.2. The summed E-state index contributed by atoms with van der Waals surface area (Å²) in [7, 11) is 0. The first-order chi connectivity index (χ1) is 11.4. The smallest absolute Gasteiger partial charge is 0.326 e. The molecule has 2 aliphatic heterocycles. The Bertz CT molecular complexity index is 495. The van der Waals surface area contributed by atoms with Crippen molar-refractivity contribution >= 4 is 17.8 Å². The number of carbonyl (C=O) groups excluding carboxylic acids is 2. The van der Waals surface area contributed by atoms with E-state index >= 15 is 0 Å². The quantitative estimate of drug-likeness (QED) is 0.835. The van der Waals surface area contributed by atoms with E-state index in [4.69, 9.17) is 0 Å². The van der Waals surface area contributed by atoms with Crippen molar-refractivity contribution in [1.82, 2.24) is 9.80 Å². The number of nitrogens with zero attached hydrogens (tertiary/aromatic N) is 2. The minimum Gasteiger partial charge on any atom is -0.480 e. The van der Waals surface area contributed by atoms with Gasteiger partial charge >= 0.3 is 5.97 Å². The fourth-order valence-electron chi connectivity index (χ4n) is 4.78. The van der Waals surface area contributed by atoms with Crippen LogP contribution in [-0.4, -0.2) is 58.4 Å². The maximum absolute atomic E-state index is 12.7. The number of aliphatic carboxylic acids is 1. The van der Waals surface area contributed by atoms with Crippen molar-refractivity contribution in [3.05, 3.63) is 0 Å². The Balaban J connectivity index is 1.61. The van der Waals surface area contributed by atoms with Crippen LogP contribution in [0.25, 0.3) is 0 Å². The third-order valence-electron chi connectivity index (χ3n) is 6.29. The fraction of sp³-hybridized carbons (Fsp3) is 0.833. The highest BCUT2D eigenvalue weighted by atomic mass is 16.4. The van der Waals surface area contributed by atoms with E-state index in [0.29, 0.717) is 32.0 Å². The first-order valence-electron chi connectivity index (χ1n) is 9.21. The van der Waals surface area contributed by atoms with Gasteiger partial charge in [0.1, 0.15) is 6.04 Å². The molecule has 1 atom stereocenters. The molecule has 0 bridgehead atoms. The molecule has 3 aliphatic rings. The summed E-state index contributed by atoms with van der Waals surface area (Å²) in [6.45, 7) is 3.36. The van der Waals surface area contributed by atoms with Crippen LogP contribution in [0, 0.1) is 11.3 Å². The lowest BCUT2D eigenvalue weighted by atomic mass is 9.76. The molecule has 1 N–H and O–H groups in total. The molecule has 134 valence electrons. The maximum Gasteiger partial charge on any atom is 0.326 e. The predicted octanol–water partition coefficient (Wildman–Crippen LogP) is 1.88. The molecule has 0 aromatic carbocycles.